The second-order valence-corrected chi connectivity index (χ2v) is 4.55. The maximum absolute atomic E-state index is 11.6. The zero-order valence-corrected chi connectivity index (χ0v) is 10.7. The number of hydrogen-bond acceptors (Lipinski definition) is 4. The maximum atomic E-state index is 11.6. The Morgan fingerprint density at radius 3 is 3.05 bits per heavy atom. The summed E-state index contributed by atoms with van der Waals surface area (Å²) in [4.78, 5) is 19.5. The maximum Gasteiger partial charge on any atom is 0.251 e. The highest BCUT2D eigenvalue weighted by Crippen LogP contribution is 2.21. The van der Waals surface area contributed by atoms with E-state index in [1.54, 1.807) is 12.3 Å². The molecule has 2 N–H and O–H groups in total. The number of anilines is 2. The van der Waals surface area contributed by atoms with Gasteiger partial charge < -0.3 is 10.6 Å². The SMILES string of the molecule is O=C1NCCc2cc(Nc3ccnc(Cl)n3)ccc21. The highest BCUT2D eigenvalue weighted by atomic mass is 35.5. The number of nitrogens with one attached hydrogen (secondary N) is 2. The Morgan fingerprint density at radius 2 is 2.21 bits per heavy atom. The van der Waals surface area contributed by atoms with Crippen molar-refractivity contribution in [2.75, 3.05) is 11.9 Å². The molecule has 0 unspecified atom stereocenters. The molecule has 0 radical (unpaired) electrons. The number of carbonyl (C=O) groups is 1. The summed E-state index contributed by atoms with van der Waals surface area (Å²) >= 11 is 5.73. The molecule has 0 atom stereocenters. The summed E-state index contributed by atoms with van der Waals surface area (Å²) in [6.45, 7) is 0.675. The predicted molar refractivity (Wildman–Crippen MR) is 72.8 cm³/mol. The van der Waals surface area contributed by atoms with E-state index < -0.39 is 0 Å². The number of halogens is 1. The van der Waals surface area contributed by atoms with E-state index in [0.717, 1.165) is 23.2 Å². The molecule has 0 bridgehead atoms. The molecule has 2 aromatic rings. The minimum Gasteiger partial charge on any atom is -0.352 e. The molecule has 19 heavy (non-hydrogen) atoms. The average molecular weight is 275 g/mol. The molecule has 0 spiro atoms. The molecule has 0 aliphatic carbocycles. The third-order valence-corrected chi connectivity index (χ3v) is 3.11. The van der Waals surface area contributed by atoms with Gasteiger partial charge >= 0.3 is 0 Å². The lowest BCUT2D eigenvalue weighted by Gasteiger charge is -2.17. The summed E-state index contributed by atoms with van der Waals surface area (Å²) in [5, 5.41) is 6.16. The van der Waals surface area contributed by atoms with Gasteiger partial charge in [0.05, 0.1) is 0 Å². The fourth-order valence-electron chi connectivity index (χ4n) is 2.06. The van der Waals surface area contributed by atoms with E-state index in [4.69, 9.17) is 11.6 Å². The highest BCUT2D eigenvalue weighted by molar-refractivity contribution is 6.28. The van der Waals surface area contributed by atoms with Crippen molar-refractivity contribution >= 4 is 29.0 Å². The monoisotopic (exact) mass is 274 g/mol. The average Bonchev–Trinajstić information content (AvgIpc) is 2.39. The molecule has 1 aliphatic heterocycles. The van der Waals surface area contributed by atoms with Gasteiger partial charge in [0, 0.05) is 24.0 Å². The van der Waals surface area contributed by atoms with E-state index in [1.165, 1.54) is 0 Å². The molecule has 5 nitrogen and oxygen atoms in total. The van der Waals surface area contributed by atoms with Crippen LogP contribution in [0.3, 0.4) is 0 Å². The van der Waals surface area contributed by atoms with E-state index in [9.17, 15) is 4.79 Å². The van der Waals surface area contributed by atoms with Gasteiger partial charge in [-0.2, -0.15) is 0 Å². The number of amides is 1. The van der Waals surface area contributed by atoms with Crippen molar-refractivity contribution in [3.8, 4) is 0 Å². The fourth-order valence-corrected chi connectivity index (χ4v) is 2.21. The van der Waals surface area contributed by atoms with Crippen molar-refractivity contribution in [1.29, 1.82) is 0 Å². The molecule has 1 amide bonds. The number of benzene rings is 1. The van der Waals surface area contributed by atoms with Crippen LogP contribution in [0, 0.1) is 0 Å². The molecule has 0 saturated carbocycles. The summed E-state index contributed by atoms with van der Waals surface area (Å²) in [7, 11) is 0. The summed E-state index contributed by atoms with van der Waals surface area (Å²) in [5.41, 5.74) is 2.65. The first-order chi connectivity index (χ1) is 9.22. The Balaban J connectivity index is 1.88. The first-order valence-corrected chi connectivity index (χ1v) is 6.27. The molecular weight excluding hydrogens is 264 g/mol. The van der Waals surface area contributed by atoms with Crippen molar-refractivity contribution in [3.05, 3.63) is 46.9 Å². The van der Waals surface area contributed by atoms with E-state index in [0.29, 0.717) is 12.4 Å². The fraction of sp³-hybridized carbons (Fsp3) is 0.154. The molecule has 1 aromatic heterocycles. The van der Waals surface area contributed by atoms with Crippen LogP contribution >= 0.6 is 11.6 Å². The summed E-state index contributed by atoms with van der Waals surface area (Å²) in [5.74, 6) is 0.609. The molecule has 0 saturated heterocycles. The molecule has 3 rings (SSSR count). The van der Waals surface area contributed by atoms with Crippen LogP contribution in [0.2, 0.25) is 5.28 Å². The molecule has 2 heterocycles. The van der Waals surface area contributed by atoms with Crippen LogP contribution in [0.1, 0.15) is 15.9 Å². The topological polar surface area (TPSA) is 66.9 Å². The Labute approximate surface area is 115 Å². The third kappa shape index (κ3) is 2.51. The van der Waals surface area contributed by atoms with Gasteiger partial charge in [0.25, 0.3) is 5.91 Å². The Kier molecular flexibility index (Phi) is 3.05. The molecule has 1 aliphatic rings. The van der Waals surface area contributed by atoms with E-state index in [2.05, 4.69) is 20.6 Å². The van der Waals surface area contributed by atoms with Gasteiger partial charge in [-0.1, -0.05) is 0 Å². The van der Waals surface area contributed by atoms with Gasteiger partial charge in [0.1, 0.15) is 5.82 Å². The Morgan fingerprint density at radius 1 is 1.32 bits per heavy atom. The van der Waals surface area contributed by atoms with Crippen LogP contribution in [0.4, 0.5) is 11.5 Å². The highest BCUT2D eigenvalue weighted by Gasteiger charge is 2.16. The Bertz CT molecular complexity index is 644. The largest absolute Gasteiger partial charge is 0.352 e. The van der Waals surface area contributed by atoms with Crippen LogP contribution in [0.15, 0.2) is 30.5 Å². The number of carbonyl (C=O) groups excluding carboxylic acids is 1. The van der Waals surface area contributed by atoms with Gasteiger partial charge in [0.2, 0.25) is 5.28 Å². The lowest BCUT2D eigenvalue weighted by atomic mass is 10.00. The van der Waals surface area contributed by atoms with Crippen molar-refractivity contribution in [2.24, 2.45) is 0 Å². The van der Waals surface area contributed by atoms with Crippen LogP contribution in [0.5, 0.6) is 0 Å². The Hall–Kier alpha value is -2.14. The van der Waals surface area contributed by atoms with Crippen LogP contribution in [-0.2, 0) is 6.42 Å². The van der Waals surface area contributed by atoms with Gasteiger partial charge in [-0.3, -0.25) is 4.79 Å². The van der Waals surface area contributed by atoms with E-state index >= 15 is 0 Å². The second-order valence-electron chi connectivity index (χ2n) is 4.21. The number of hydrogen-bond donors (Lipinski definition) is 2. The van der Waals surface area contributed by atoms with Crippen LogP contribution in [-0.4, -0.2) is 22.4 Å². The van der Waals surface area contributed by atoms with E-state index in [-0.39, 0.29) is 11.2 Å². The smallest absolute Gasteiger partial charge is 0.251 e. The molecule has 96 valence electrons. The molecule has 0 fully saturated rings. The minimum atomic E-state index is -0.0159. The second kappa shape index (κ2) is 4.85. The number of rotatable bonds is 2. The van der Waals surface area contributed by atoms with E-state index in [1.807, 2.05) is 18.2 Å². The first-order valence-electron chi connectivity index (χ1n) is 5.89. The van der Waals surface area contributed by atoms with Gasteiger partial charge in [-0.05, 0) is 47.9 Å². The molecule has 1 aromatic carbocycles. The predicted octanol–water partition coefficient (Wildman–Crippen LogP) is 2.16. The standard InChI is InChI=1S/C13H11ClN4O/c14-13-16-6-4-11(18-13)17-9-1-2-10-8(7-9)3-5-15-12(10)19/h1-2,4,6-7H,3,5H2,(H,15,19)(H,16,17,18). The number of fused-ring (bicyclic) bond motifs is 1. The van der Waals surface area contributed by atoms with Crippen molar-refractivity contribution < 1.29 is 4.79 Å². The van der Waals surface area contributed by atoms with Crippen molar-refractivity contribution in [2.45, 2.75) is 6.42 Å². The van der Waals surface area contributed by atoms with Crippen LogP contribution < -0.4 is 10.6 Å². The molecule has 6 heteroatoms. The van der Waals surface area contributed by atoms with Crippen molar-refractivity contribution in [3.63, 3.8) is 0 Å². The minimum absolute atomic E-state index is 0.0159. The van der Waals surface area contributed by atoms with Crippen LogP contribution in [0.25, 0.3) is 0 Å². The third-order valence-electron chi connectivity index (χ3n) is 2.93. The van der Waals surface area contributed by atoms with Crippen molar-refractivity contribution in [1.82, 2.24) is 15.3 Å². The normalized spacial score (nSPS) is 13.6. The number of aromatic nitrogens is 2. The lowest BCUT2D eigenvalue weighted by molar-refractivity contribution is 0.0946. The lowest BCUT2D eigenvalue weighted by Crippen LogP contribution is -2.31. The summed E-state index contributed by atoms with van der Waals surface area (Å²) in [6.07, 6.45) is 2.42. The van der Waals surface area contributed by atoms with Gasteiger partial charge in [-0.15, -0.1) is 0 Å². The summed E-state index contributed by atoms with van der Waals surface area (Å²) in [6, 6.07) is 7.36. The summed E-state index contributed by atoms with van der Waals surface area (Å²) < 4.78 is 0. The zero-order chi connectivity index (χ0) is 13.2. The molecular formula is C13H11ClN4O. The number of nitrogens with zero attached hydrogens (tertiary/aromatic N) is 2. The zero-order valence-electron chi connectivity index (χ0n) is 9.98. The quantitative estimate of drug-likeness (QED) is 0.824. The van der Waals surface area contributed by atoms with Gasteiger partial charge in [-0.25, -0.2) is 9.97 Å². The van der Waals surface area contributed by atoms with Gasteiger partial charge in [0.15, 0.2) is 0 Å². The first kappa shape index (κ1) is 11.9.